The molecule has 0 bridgehead atoms. The summed E-state index contributed by atoms with van der Waals surface area (Å²) in [6, 6.07) is 0.447. The van der Waals surface area contributed by atoms with E-state index >= 15 is 0 Å². The number of hydrogen-bond donors (Lipinski definition) is 1. The first kappa shape index (κ1) is 18.7. The van der Waals surface area contributed by atoms with Crippen LogP contribution in [0.3, 0.4) is 0 Å². The summed E-state index contributed by atoms with van der Waals surface area (Å²) in [5, 5.41) is 7.83. The third-order valence-electron chi connectivity index (χ3n) is 5.01. The van der Waals surface area contributed by atoms with E-state index in [1.807, 2.05) is 19.4 Å². The van der Waals surface area contributed by atoms with Gasteiger partial charge in [-0.25, -0.2) is 4.99 Å². The summed E-state index contributed by atoms with van der Waals surface area (Å²) in [4.78, 5) is 20.4. The molecule has 0 spiro atoms. The topological polar surface area (TPSA) is 75.0 Å². The van der Waals surface area contributed by atoms with Crippen LogP contribution in [-0.2, 0) is 16.6 Å². The second-order valence-corrected chi connectivity index (χ2v) is 7.31. The maximum atomic E-state index is 12.0. The van der Waals surface area contributed by atoms with E-state index in [0.717, 1.165) is 30.9 Å². The normalized spacial score (nSPS) is 21.9. The van der Waals surface area contributed by atoms with Crippen molar-refractivity contribution < 1.29 is 9.53 Å². The molecule has 1 aromatic rings. The molecule has 0 aromatic carbocycles. The zero-order valence-electron chi connectivity index (χ0n) is 16.0. The quantitative estimate of drug-likeness (QED) is 0.633. The summed E-state index contributed by atoms with van der Waals surface area (Å²) < 4.78 is 7.73. The lowest BCUT2D eigenvalue weighted by Crippen LogP contribution is -2.50. The number of rotatable bonds is 4. The Morgan fingerprint density at radius 3 is 2.85 bits per heavy atom. The summed E-state index contributed by atoms with van der Waals surface area (Å²) in [7, 11) is 5.43. The van der Waals surface area contributed by atoms with E-state index in [0.29, 0.717) is 19.2 Å². The first-order valence-electron chi connectivity index (χ1n) is 9.39. The lowest BCUT2D eigenvalue weighted by atomic mass is 10.1. The summed E-state index contributed by atoms with van der Waals surface area (Å²) in [5.41, 5.74) is 1.07. The van der Waals surface area contributed by atoms with Crippen molar-refractivity contribution in [1.82, 2.24) is 24.9 Å². The molecule has 1 aliphatic carbocycles. The van der Waals surface area contributed by atoms with Crippen LogP contribution < -0.4 is 5.32 Å². The molecule has 1 N–H and O–H groups in total. The van der Waals surface area contributed by atoms with Crippen LogP contribution in [0.15, 0.2) is 17.4 Å². The molecular formula is C18H30N6O2. The van der Waals surface area contributed by atoms with Crippen LogP contribution in [-0.4, -0.2) is 77.8 Å². The molecule has 1 atom stereocenters. The van der Waals surface area contributed by atoms with Crippen molar-refractivity contribution in [1.29, 1.82) is 0 Å². The van der Waals surface area contributed by atoms with E-state index < -0.39 is 0 Å². The summed E-state index contributed by atoms with van der Waals surface area (Å²) in [5.74, 6) is 0.831. The molecule has 3 rings (SSSR count). The fraction of sp³-hybridized carbons (Fsp3) is 0.722. The number of hydrogen-bond acceptors (Lipinski definition) is 4. The molecule has 144 valence electrons. The fourth-order valence-electron chi connectivity index (χ4n) is 3.42. The van der Waals surface area contributed by atoms with Gasteiger partial charge < -0.3 is 19.9 Å². The van der Waals surface area contributed by atoms with E-state index in [4.69, 9.17) is 4.74 Å². The molecule has 1 saturated heterocycles. The molecule has 2 fully saturated rings. The van der Waals surface area contributed by atoms with Gasteiger partial charge in [-0.05, 0) is 12.8 Å². The van der Waals surface area contributed by atoms with Crippen LogP contribution in [0.25, 0.3) is 0 Å². The van der Waals surface area contributed by atoms with Gasteiger partial charge in [0.15, 0.2) is 5.96 Å². The van der Waals surface area contributed by atoms with Crippen molar-refractivity contribution >= 4 is 11.9 Å². The Hall–Kier alpha value is -2.09. The van der Waals surface area contributed by atoms with Gasteiger partial charge in [-0.15, -0.1) is 0 Å². The number of likely N-dealkylation sites (N-methyl/N-ethyl adjacent to an activating group) is 1. The fourth-order valence-corrected chi connectivity index (χ4v) is 3.42. The van der Waals surface area contributed by atoms with Crippen molar-refractivity contribution in [2.75, 3.05) is 40.3 Å². The number of aromatic nitrogens is 2. The maximum absolute atomic E-state index is 12.0. The minimum absolute atomic E-state index is 0.00721. The van der Waals surface area contributed by atoms with Crippen molar-refractivity contribution in [3.63, 3.8) is 0 Å². The Bertz CT molecular complexity index is 635. The van der Waals surface area contributed by atoms with E-state index in [-0.39, 0.29) is 18.6 Å². The molecule has 2 heterocycles. The van der Waals surface area contributed by atoms with Crippen molar-refractivity contribution in [2.24, 2.45) is 12.0 Å². The van der Waals surface area contributed by atoms with Crippen LogP contribution in [0, 0.1) is 0 Å². The summed E-state index contributed by atoms with van der Waals surface area (Å²) in [6.45, 7) is 2.27. The second kappa shape index (κ2) is 8.53. The smallest absolute Gasteiger partial charge is 0.243 e. The third-order valence-corrected chi connectivity index (χ3v) is 5.01. The number of carbonyl (C=O) groups is 1. The average Bonchev–Trinajstić information content (AvgIpc) is 3.30. The number of aliphatic imine (C=N–C) groups is 1. The number of amides is 1. The number of morpholine rings is 1. The SMILES string of the molecule is CN(C)C(=O)CN=C(NC1CCCC1)N1CCOC(c2cnn(C)c2)C1. The Balaban J connectivity index is 1.71. The minimum Gasteiger partial charge on any atom is -0.370 e. The number of nitrogens with zero attached hydrogens (tertiary/aromatic N) is 5. The van der Waals surface area contributed by atoms with Crippen LogP contribution in [0.5, 0.6) is 0 Å². The molecular weight excluding hydrogens is 332 g/mol. The highest BCUT2D eigenvalue weighted by Gasteiger charge is 2.27. The zero-order chi connectivity index (χ0) is 18.5. The lowest BCUT2D eigenvalue weighted by molar-refractivity contribution is -0.127. The van der Waals surface area contributed by atoms with Gasteiger partial charge in [0, 0.05) is 45.5 Å². The largest absolute Gasteiger partial charge is 0.370 e. The highest BCUT2D eigenvalue weighted by Crippen LogP contribution is 2.23. The van der Waals surface area contributed by atoms with Gasteiger partial charge in [0.25, 0.3) is 0 Å². The van der Waals surface area contributed by atoms with Gasteiger partial charge in [0.05, 0.1) is 19.3 Å². The van der Waals surface area contributed by atoms with Crippen molar-refractivity contribution in [2.45, 2.75) is 37.8 Å². The maximum Gasteiger partial charge on any atom is 0.243 e. The number of nitrogens with one attached hydrogen (secondary N) is 1. The molecule has 2 aliphatic rings. The molecule has 1 aromatic heterocycles. The number of aryl methyl sites for hydroxylation is 1. The van der Waals surface area contributed by atoms with Gasteiger partial charge in [0.1, 0.15) is 12.6 Å². The monoisotopic (exact) mass is 362 g/mol. The average molecular weight is 362 g/mol. The zero-order valence-corrected chi connectivity index (χ0v) is 16.0. The summed E-state index contributed by atoms with van der Waals surface area (Å²) in [6.07, 6.45) is 8.65. The molecule has 1 aliphatic heterocycles. The minimum atomic E-state index is -0.0300. The molecule has 8 nitrogen and oxygen atoms in total. The molecule has 1 unspecified atom stereocenters. The third kappa shape index (κ3) is 4.75. The van der Waals surface area contributed by atoms with Gasteiger partial charge >= 0.3 is 0 Å². The summed E-state index contributed by atoms with van der Waals surface area (Å²) >= 11 is 0. The van der Waals surface area contributed by atoms with E-state index in [1.165, 1.54) is 12.8 Å². The Morgan fingerprint density at radius 1 is 1.42 bits per heavy atom. The molecule has 1 saturated carbocycles. The second-order valence-electron chi connectivity index (χ2n) is 7.31. The predicted octanol–water partition coefficient (Wildman–Crippen LogP) is 0.770. The standard InChI is InChI=1S/C18H30N6O2/c1-22(2)17(25)11-19-18(21-15-6-4-5-7-15)24-8-9-26-16(13-24)14-10-20-23(3)12-14/h10,12,15-16H,4-9,11,13H2,1-3H3,(H,19,21). The first-order chi connectivity index (χ1) is 12.5. The van der Waals surface area contributed by atoms with Crippen LogP contribution in [0.4, 0.5) is 0 Å². The van der Waals surface area contributed by atoms with Gasteiger partial charge in [-0.3, -0.25) is 9.48 Å². The molecule has 8 heteroatoms. The van der Waals surface area contributed by atoms with Crippen molar-refractivity contribution in [3.8, 4) is 0 Å². The first-order valence-corrected chi connectivity index (χ1v) is 9.39. The highest BCUT2D eigenvalue weighted by atomic mass is 16.5. The van der Waals surface area contributed by atoms with Gasteiger partial charge in [0.2, 0.25) is 5.91 Å². The Morgan fingerprint density at radius 2 is 2.19 bits per heavy atom. The molecule has 0 radical (unpaired) electrons. The molecule has 26 heavy (non-hydrogen) atoms. The van der Waals surface area contributed by atoms with Crippen LogP contribution in [0.1, 0.15) is 37.4 Å². The number of guanidine groups is 1. The van der Waals surface area contributed by atoms with E-state index in [2.05, 4.69) is 20.3 Å². The van der Waals surface area contributed by atoms with Crippen LogP contribution in [0.2, 0.25) is 0 Å². The number of carbonyl (C=O) groups excluding carboxylic acids is 1. The molecule has 1 amide bonds. The van der Waals surface area contributed by atoms with E-state index in [9.17, 15) is 4.79 Å². The van der Waals surface area contributed by atoms with Gasteiger partial charge in [-0.1, -0.05) is 12.8 Å². The number of ether oxygens (including phenoxy) is 1. The van der Waals surface area contributed by atoms with Crippen LogP contribution >= 0.6 is 0 Å². The predicted molar refractivity (Wildman–Crippen MR) is 99.9 cm³/mol. The Kier molecular flexibility index (Phi) is 6.13. The van der Waals surface area contributed by atoms with Gasteiger partial charge in [-0.2, -0.15) is 5.10 Å². The Labute approximate surface area is 155 Å². The van der Waals surface area contributed by atoms with E-state index in [1.54, 1.807) is 23.7 Å². The van der Waals surface area contributed by atoms with Crippen molar-refractivity contribution in [3.05, 3.63) is 18.0 Å². The lowest BCUT2D eigenvalue weighted by Gasteiger charge is -2.36. The highest BCUT2D eigenvalue weighted by molar-refractivity contribution is 5.85.